The van der Waals surface area contributed by atoms with Gasteiger partial charge in [-0.3, -0.25) is 0 Å². The standard InChI is InChI=1S/C35H58O6/c1-7-22(20(2)3)9-8-21(4)26-12-13-27-25-11-10-23-18-24(14-16-34(23,5)28(25)15-17-35(26,27)6)40-33-32(39)31(38)30(37)29(19-36)41-33/h10,21-22,24-33,36-39H,2,7-9,11-19H2,1,3-6H3/t21-,22-,24?,25+,26-,27+,28+,29-,30-,31+,32-,33-,34+,35-/m1/s1. The molecule has 0 radical (unpaired) electrons. The van der Waals surface area contributed by atoms with Crippen molar-refractivity contribution >= 4 is 0 Å². The summed E-state index contributed by atoms with van der Waals surface area (Å²) >= 11 is 0. The fourth-order valence-electron chi connectivity index (χ4n) is 10.6. The molecule has 0 aromatic rings. The SMILES string of the molecule is C=C(C)[C@H](CC)CC[C@@H](C)[C@H]1CC[C@H]2[C@@H]3CC=C4CC(O[C@@H]5O[C@H](CO)[C@@H](O)[C@H](O)[C@H]5O)CC[C@]4(C)[C@H]3CC[C@]12C. The zero-order valence-corrected chi connectivity index (χ0v) is 26.3. The predicted octanol–water partition coefficient (Wildman–Crippen LogP) is 5.77. The van der Waals surface area contributed by atoms with E-state index in [9.17, 15) is 20.4 Å². The van der Waals surface area contributed by atoms with Gasteiger partial charge in [-0.05, 0) is 124 Å². The van der Waals surface area contributed by atoms with E-state index in [0.717, 1.165) is 55.3 Å². The average Bonchev–Trinajstić information content (AvgIpc) is 3.30. The van der Waals surface area contributed by atoms with Crippen molar-refractivity contribution < 1.29 is 29.9 Å². The van der Waals surface area contributed by atoms with Crippen LogP contribution in [0, 0.1) is 46.3 Å². The van der Waals surface area contributed by atoms with Gasteiger partial charge in [0.1, 0.15) is 24.4 Å². The molecule has 1 unspecified atom stereocenters. The Bertz CT molecular complexity index is 962. The Kier molecular flexibility index (Phi) is 9.51. The van der Waals surface area contributed by atoms with Gasteiger partial charge in [-0.2, -0.15) is 0 Å². The summed E-state index contributed by atoms with van der Waals surface area (Å²) < 4.78 is 11.9. The van der Waals surface area contributed by atoms with Crippen LogP contribution in [0.2, 0.25) is 0 Å². The second-order valence-corrected chi connectivity index (χ2v) is 15.2. The molecule has 0 amide bonds. The highest BCUT2D eigenvalue weighted by Gasteiger charge is 2.59. The van der Waals surface area contributed by atoms with E-state index in [0.29, 0.717) is 11.3 Å². The first-order valence-electron chi connectivity index (χ1n) is 16.7. The minimum Gasteiger partial charge on any atom is -0.394 e. The van der Waals surface area contributed by atoms with E-state index in [-0.39, 0.29) is 11.5 Å². The van der Waals surface area contributed by atoms with Gasteiger partial charge < -0.3 is 29.9 Å². The summed E-state index contributed by atoms with van der Waals surface area (Å²) in [5, 5.41) is 40.4. The first-order valence-corrected chi connectivity index (χ1v) is 16.7. The monoisotopic (exact) mass is 574 g/mol. The molecule has 1 aliphatic heterocycles. The van der Waals surface area contributed by atoms with Gasteiger partial charge in [0.2, 0.25) is 0 Å². The van der Waals surface area contributed by atoms with E-state index in [4.69, 9.17) is 9.47 Å². The molecule has 0 spiro atoms. The minimum atomic E-state index is -1.40. The number of allylic oxidation sites excluding steroid dienone is 2. The molecule has 0 aromatic heterocycles. The molecule has 234 valence electrons. The van der Waals surface area contributed by atoms with Gasteiger partial charge in [-0.25, -0.2) is 0 Å². The number of hydrogen-bond donors (Lipinski definition) is 4. The van der Waals surface area contributed by atoms with Crippen molar-refractivity contribution in [1.82, 2.24) is 0 Å². The summed E-state index contributed by atoms with van der Waals surface area (Å²) in [4.78, 5) is 0. The molecule has 4 fully saturated rings. The second-order valence-electron chi connectivity index (χ2n) is 15.2. The van der Waals surface area contributed by atoms with Crippen LogP contribution in [-0.2, 0) is 9.47 Å². The number of hydrogen-bond acceptors (Lipinski definition) is 6. The largest absolute Gasteiger partial charge is 0.394 e. The third-order valence-electron chi connectivity index (χ3n) is 13.2. The van der Waals surface area contributed by atoms with Crippen LogP contribution < -0.4 is 0 Å². The molecule has 6 heteroatoms. The molecular formula is C35H58O6. The average molecular weight is 575 g/mol. The van der Waals surface area contributed by atoms with E-state index < -0.39 is 37.3 Å². The summed E-state index contributed by atoms with van der Waals surface area (Å²) in [6, 6.07) is 0. The number of ether oxygens (including phenoxy) is 2. The van der Waals surface area contributed by atoms with Crippen molar-refractivity contribution in [2.24, 2.45) is 46.3 Å². The van der Waals surface area contributed by atoms with Gasteiger partial charge in [-0.1, -0.05) is 51.5 Å². The van der Waals surface area contributed by atoms with Crippen LogP contribution in [-0.4, -0.2) is 63.8 Å². The summed E-state index contributed by atoms with van der Waals surface area (Å²) in [6.45, 7) is 16.0. The Morgan fingerprint density at radius 1 is 1.05 bits per heavy atom. The Balaban J connectivity index is 1.24. The van der Waals surface area contributed by atoms with Crippen molar-refractivity contribution in [2.45, 2.75) is 142 Å². The van der Waals surface area contributed by atoms with E-state index in [2.05, 4.69) is 47.3 Å². The van der Waals surface area contributed by atoms with Gasteiger partial charge in [0.05, 0.1) is 12.7 Å². The van der Waals surface area contributed by atoms with Gasteiger partial charge in [0.25, 0.3) is 0 Å². The van der Waals surface area contributed by atoms with Crippen LogP contribution in [0.3, 0.4) is 0 Å². The molecule has 3 saturated carbocycles. The van der Waals surface area contributed by atoms with Crippen LogP contribution >= 0.6 is 0 Å². The first-order chi connectivity index (χ1) is 19.4. The third-order valence-corrected chi connectivity index (χ3v) is 13.2. The number of aliphatic hydroxyl groups excluding tert-OH is 4. The Labute approximate surface area is 248 Å². The smallest absolute Gasteiger partial charge is 0.186 e. The molecule has 1 heterocycles. The number of fused-ring (bicyclic) bond motifs is 5. The Morgan fingerprint density at radius 3 is 2.49 bits per heavy atom. The fraction of sp³-hybridized carbons (Fsp3) is 0.886. The van der Waals surface area contributed by atoms with Gasteiger partial charge in [0, 0.05) is 0 Å². The lowest BCUT2D eigenvalue weighted by Gasteiger charge is -2.58. The molecule has 5 aliphatic rings. The summed E-state index contributed by atoms with van der Waals surface area (Å²) in [5.41, 5.74) is 3.49. The highest BCUT2D eigenvalue weighted by molar-refractivity contribution is 5.25. The second kappa shape index (κ2) is 12.3. The van der Waals surface area contributed by atoms with E-state index in [1.165, 1.54) is 56.1 Å². The molecule has 41 heavy (non-hydrogen) atoms. The molecule has 4 aliphatic carbocycles. The van der Waals surface area contributed by atoms with Gasteiger partial charge in [0.15, 0.2) is 6.29 Å². The van der Waals surface area contributed by atoms with Gasteiger partial charge >= 0.3 is 0 Å². The topological polar surface area (TPSA) is 99.4 Å². The molecule has 0 aromatic carbocycles. The van der Waals surface area contributed by atoms with E-state index >= 15 is 0 Å². The zero-order chi connectivity index (χ0) is 29.7. The normalized spacial score (nSPS) is 47.5. The van der Waals surface area contributed by atoms with Crippen LogP contribution in [0.4, 0.5) is 0 Å². The van der Waals surface area contributed by atoms with Crippen molar-refractivity contribution in [2.75, 3.05) is 6.61 Å². The van der Waals surface area contributed by atoms with Crippen molar-refractivity contribution in [3.8, 4) is 0 Å². The molecule has 4 N–H and O–H groups in total. The van der Waals surface area contributed by atoms with Crippen LogP contribution in [0.5, 0.6) is 0 Å². The maximum atomic E-state index is 10.5. The van der Waals surface area contributed by atoms with Crippen LogP contribution in [0.15, 0.2) is 23.8 Å². The lowest BCUT2D eigenvalue weighted by Crippen LogP contribution is -2.60. The molecular weight excluding hydrogens is 516 g/mol. The Morgan fingerprint density at radius 2 is 1.80 bits per heavy atom. The highest BCUT2D eigenvalue weighted by atomic mass is 16.7. The molecule has 1 saturated heterocycles. The summed E-state index contributed by atoms with van der Waals surface area (Å²) in [6.07, 6.45) is 9.51. The van der Waals surface area contributed by atoms with Crippen molar-refractivity contribution in [3.05, 3.63) is 23.8 Å². The first kappa shape index (κ1) is 31.7. The third kappa shape index (κ3) is 5.64. The van der Waals surface area contributed by atoms with E-state index in [1.807, 2.05) is 0 Å². The molecule has 5 rings (SSSR count). The van der Waals surface area contributed by atoms with Crippen LogP contribution in [0.1, 0.15) is 105 Å². The van der Waals surface area contributed by atoms with Crippen LogP contribution in [0.25, 0.3) is 0 Å². The molecule has 14 atom stereocenters. The zero-order valence-electron chi connectivity index (χ0n) is 26.3. The van der Waals surface area contributed by atoms with Crippen molar-refractivity contribution in [1.29, 1.82) is 0 Å². The number of aliphatic hydroxyl groups is 4. The van der Waals surface area contributed by atoms with Gasteiger partial charge in [-0.15, -0.1) is 0 Å². The molecule has 0 bridgehead atoms. The number of rotatable bonds is 9. The summed E-state index contributed by atoms with van der Waals surface area (Å²) in [7, 11) is 0. The lowest BCUT2D eigenvalue weighted by atomic mass is 9.47. The minimum absolute atomic E-state index is 0.107. The molecule has 6 nitrogen and oxygen atoms in total. The highest BCUT2D eigenvalue weighted by Crippen LogP contribution is 2.67. The maximum Gasteiger partial charge on any atom is 0.186 e. The Hall–Kier alpha value is -0.760. The lowest BCUT2D eigenvalue weighted by molar-refractivity contribution is -0.313. The fourth-order valence-corrected chi connectivity index (χ4v) is 10.6. The summed E-state index contributed by atoms with van der Waals surface area (Å²) in [5.74, 6) is 4.57. The van der Waals surface area contributed by atoms with Crippen molar-refractivity contribution in [3.63, 3.8) is 0 Å². The quantitative estimate of drug-likeness (QED) is 0.261. The maximum absolute atomic E-state index is 10.5. The van der Waals surface area contributed by atoms with E-state index in [1.54, 1.807) is 0 Å². The predicted molar refractivity (Wildman–Crippen MR) is 161 cm³/mol.